The first-order chi connectivity index (χ1) is 16.0. The SMILES string of the molecule is CCOC(=O)c1ccccc1NC(=O)CSc1nc2c(-c3ccccc3)c[nH]c2c(=O)n1C. The number of para-hydroxylation sites is 1. The number of hydrogen-bond donors (Lipinski definition) is 2. The van der Waals surface area contributed by atoms with Gasteiger partial charge >= 0.3 is 5.97 Å². The Morgan fingerprint density at radius 3 is 2.61 bits per heavy atom. The van der Waals surface area contributed by atoms with E-state index in [0.717, 1.165) is 22.9 Å². The topological polar surface area (TPSA) is 106 Å². The van der Waals surface area contributed by atoms with Crippen LogP contribution in [0.3, 0.4) is 0 Å². The summed E-state index contributed by atoms with van der Waals surface area (Å²) in [6.07, 6.45) is 1.77. The Balaban J connectivity index is 1.56. The maximum absolute atomic E-state index is 12.8. The molecule has 2 heterocycles. The van der Waals surface area contributed by atoms with E-state index in [1.807, 2.05) is 30.3 Å². The van der Waals surface area contributed by atoms with Gasteiger partial charge in [-0.3, -0.25) is 14.2 Å². The quantitative estimate of drug-likeness (QED) is 0.246. The molecule has 0 unspecified atom stereocenters. The van der Waals surface area contributed by atoms with Crippen LogP contribution in [0, 0.1) is 0 Å². The third-order valence-corrected chi connectivity index (χ3v) is 6.01. The van der Waals surface area contributed by atoms with Crippen LogP contribution in [0.2, 0.25) is 0 Å². The number of benzene rings is 2. The predicted molar refractivity (Wildman–Crippen MR) is 129 cm³/mol. The van der Waals surface area contributed by atoms with Crippen LogP contribution in [0.4, 0.5) is 5.69 Å². The largest absolute Gasteiger partial charge is 0.462 e. The average Bonchev–Trinajstić information content (AvgIpc) is 3.25. The minimum atomic E-state index is -0.503. The second-order valence-electron chi connectivity index (χ2n) is 7.15. The molecule has 2 aromatic carbocycles. The van der Waals surface area contributed by atoms with E-state index in [4.69, 9.17) is 4.74 Å². The van der Waals surface area contributed by atoms with Gasteiger partial charge in [-0.15, -0.1) is 0 Å². The molecule has 168 valence electrons. The van der Waals surface area contributed by atoms with Crippen molar-refractivity contribution in [3.63, 3.8) is 0 Å². The summed E-state index contributed by atoms with van der Waals surface area (Å²) in [6, 6.07) is 16.3. The molecular weight excluding hydrogens is 440 g/mol. The molecule has 0 spiro atoms. The summed E-state index contributed by atoms with van der Waals surface area (Å²) in [7, 11) is 1.62. The Bertz CT molecular complexity index is 1380. The number of H-pyrrole nitrogens is 1. The zero-order valence-corrected chi connectivity index (χ0v) is 18.9. The fourth-order valence-electron chi connectivity index (χ4n) is 3.38. The van der Waals surface area contributed by atoms with Gasteiger partial charge in [0, 0.05) is 18.8 Å². The van der Waals surface area contributed by atoms with Crippen LogP contribution in [-0.2, 0) is 16.6 Å². The molecule has 0 atom stereocenters. The molecule has 4 rings (SSSR count). The molecule has 0 aliphatic heterocycles. The summed E-state index contributed by atoms with van der Waals surface area (Å²) < 4.78 is 6.46. The number of rotatable bonds is 7. The van der Waals surface area contributed by atoms with Gasteiger partial charge in [-0.2, -0.15) is 0 Å². The third-order valence-electron chi connectivity index (χ3n) is 4.98. The first-order valence-electron chi connectivity index (χ1n) is 10.3. The van der Waals surface area contributed by atoms with E-state index in [1.54, 1.807) is 44.4 Å². The number of fused-ring (bicyclic) bond motifs is 1. The molecule has 0 aliphatic rings. The highest BCUT2D eigenvalue weighted by atomic mass is 32.2. The fraction of sp³-hybridized carbons (Fsp3) is 0.167. The van der Waals surface area contributed by atoms with Crippen LogP contribution in [-0.4, -0.2) is 38.8 Å². The van der Waals surface area contributed by atoms with E-state index < -0.39 is 5.97 Å². The van der Waals surface area contributed by atoms with E-state index >= 15 is 0 Å². The Morgan fingerprint density at radius 1 is 1.12 bits per heavy atom. The number of hydrogen-bond acceptors (Lipinski definition) is 6. The molecular formula is C24H22N4O4S. The number of nitrogens with zero attached hydrogens (tertiary/aromatic N) is 2. The summed E-state index contributed by atoms with van der Waals surface area (Å²) in [4.78, 5) is 45.3. The predicted octanol–water partition coefficient (Wildman–Crippen LogP) is 3.84. The van der Waals surface area contributed by atoms with Crippen LogP contribution in [0.1, 0.15) is 17.3 Å². The summed E-state index contributed by atoms with van der Waals surface area (Å²) in [5, 5.41) is 3.16. The number of aromatic nitrogens is 3. The number of nitrogens with one attached hydrogen (secondary N) is 2. The number of esters is 1. The summed E-state index contributed by atoms with van der Waals surface area (Å²) in [5.41, 5.74) is 3.15. The number of aromatic amines is 1. The number of anilines is 1. The lowest BCUT2D eigenvalue weighted by atomic mass is 10.1. The van der Waals surface area contributed by atoms with Crippen molar-refractivity contribution in [2.24, 2.45) is 7.05 Å². The average molecular weight is 463 g/mol. The molecule has 1 amide bonds. The van der Waals surface area contributed by atoms with Crippen LogP contribution in [0.15, 0.2) is 70.7 Å². The normalized spacial score (nSPS) is 10.8. The molecule has 2 aromatic heterocycles. The smallest absolute Gasteiger partial charge is 0.340 e. The lowest BCUT2D eigenvalue weighted by Crippen LogP contribution is -2.22. The van der Waals surface area contributed by atoms with Gasteiger partial charge in [0.2, 0.25) is 5.91 Å². The van der Waals surface area contributed by atoms with Crippen molar-refractivity contribution in [3.05, 3.63) is 76.7 Å². The van der Waals surface area contributed by atoms with Gasteiger partial charge < -0.3 is 15.0 Å². The van der Waals surface area contributed by atoms with Gasteiger partial charge in [0.25, 0.3) is 5.56 Å². The lowest BCUT2D eigenvalue weighted by molar-refractivity contribution is -0.113. The lowest BCUT2D eigenvalue weighted by Gasteiger charge is -2.11. The summed E-state index contributed by atoms with van der Waals surface area (Å²) >= 11 is 1.14. The maximum Gasteiger partial charge on any atom is 0.340 e. The second-order valence-corrected chi connectivity index (χ2v) is 8.10. The molecule has 0 radical (unpaired) electrons. The third kappa shape index (κ3) is 4.68. The summed E-state index contributed by atoms with van der Waals surface area (Å²) in [6.45, 7) is 1.96. The van der Waals surface area contributed by atoms with Gasteiger partial charge in [-0.05, 0) is 24.6 Å². The van der Waals surface area contributed by atoms with Crippen molar-refractivity contribution < 1.29 is 14.3 Å². The Labute approximate surface area is 194 Å². The van der Waals surface area contributed by atoms with Gasteiger partial charge in [0.15, 0.2) is 5.16 Å². The highest BCUT2D eigenvalue weighted by molar-refractivity contribution is 7.99. The molecule has 0 saturated carbocycles. The molecule has 0 fully saturated rings. The van der Waals surface area contributed by atoms with Crippen molar-refractivity contribution in [3.8, 4) is 11.1 Å². The zero-order chi connectivity index (χ0) is 23.4. The molecule has 0 bridgehead atoms. The Morgan fingerprint density at radius 2 is 1.85 bits per heavy atom. The number of amides is 1. The van der Waals surface area contributed by atoms with Crippen molar-refractivity contribution in [2.45, 2.75) is 12.1 Å². The molecule has 9 heteroatoms. The van der Waals surface area contributed by atoms with Gasteiger partial charge in [0.1, 0.15) is 11.0 Å². The molecule has 4 aromatic rings. The van der Waals surface area contributed by atoms with E-state index in [1.165, 1.54) is 4.57 Å². The maximum atomic E-state index is 12.8. The van der Waals surface area contributed by atoms with Crippen molar-refractivity contribution in [1.82, 2.24) is 14.5 Å². The van der Waals surface area contributed by atoms with Crippen molar-refractivity contribution in [2.75, 3.05) is 17.7 Å². The number of ether oxygens (including phenoxy) is 1. The standard InChI is InChI=1S/C24H22N4O4S/c1-3-32-23(31)16-11-7-8-12-18(16)26-19(29)14-33-24-27-20-17(15-9-5-4-6-10-15)13-25-21(20)22(30)28(24)2/h4-13,25H,3,14H2,1-2H3,(H,26,29). The minimum Gasteiger partial charge on any atom is -0.462 e. The molecule has 33 heavy (non-hydrogen) atoms. The minimum absolute atomic E-state index is 0.00798. The van der Waals surface area contributed by atoms with E-state index in [0.29, 0.717) is 21.9 Å². The van der Waals surface area contributed by atoms with E-state index in [2.05, 4.69) is 15.3 Å². The highest BCUT2D eigenvalue weighted by Crippen LogP contribution is 2.27. The zero-order valence-electron chi connectivity index (χ0n) is 18.1. The van der Waals surface area contributed by atoms with Crippen LogP contribution in [0.5, 0.6) is 0 Å². The highest BCUT2D eigenvalue weighted by Gasteiger charge is 2.17. The Hall–Kier alpha value is -3.85. The van der Waals surface area contributed by atoms with Crippen molar-refractivity contribution in [1.29, 1.82) is 0 Å². The number of carbonyl (C=O) groups is 2. The van der Waals surface area contributed by atoms with Crippen molar-refractivity contribution >= 4 is 40.4 Å². The number of thioether (sulfide) groups is 1. The molecule has 2 N–H and O–H groups in total. The molecule has 8 nitrogen and oxygen atoms in total. The molecule has 0 aliphatic carbocycles. The second kappa shape index (κ2) is 9.74. The monoisotopic (exact) mass is 462 g/mol. The van der Waals surface area contributed by atoms with Gasteiger partial charge in [0.05, 0.1) is 23.6 Å². The van der Waals surface area contributed by atoms with E-state index in [-0.39, 0.29) is 29.4 Å². The van der Waals surface area contributed by atoms with Gasteiger partial charge in [-0.25, -0.2) is 9.78 Å². The van der Waals surface area contributed by atoms with Crippen LogP contribution >= 0.6 is 11.8 Å². The fourth-order valence-corrected chi connectivity index (χ4v) is 4.15. The van der Waals surface area contributed by atoms with E-state index in [9.17, 15) is 14.4 Å². The van der Waals surface area contributed by atoms with Crippen LogP contribution in [0.25, 0.3) is 22.2 Å². The Kier molecular flexibility index (Phi) is 6.60. The van der Waals surface area contributed by atoms with Gasteiger partial charge in [-0.1, -0.05) is 54.2 Å². The first kappa shape index (κ1) is 22.3. The first-order valence-corrected chi connectivity index (χ1v) is 11.3. The van der Waals surface area contributed by atoms with Crippen LogP contribution < -0.4 is 10.9 Å². The number of carbonyl (C=O) groups excluding carboxylic acids is 2. The summed E-state index contributed by atoms with van der Waals surface area (Å²) in [5.74, 6) is -0.825. The molecule has 0 saturated heterocycles.